The first-order chi connectivity index (χ1) is 14.4. The van der Waals surface area contributed by atoms with E-state index in [1.807, 2.05) is 56.3 Å². The highest BCUT2D eigenvalue weighted by molar-refractivity contribution is 5.91. The van der Waals surface area contributed by atoms with E-state index in [4.69, 9.17) is 0 Å². The molecule has 7 heteroatoms. The topological polar surface area (TPSA) is 86.0 Å². The fourth-order valence-electron chi connectivity index (χ4n) is 3.23. The van der Waals surface area contributed by atoms with Gasteiger partial charge in [0.15, 0.2) is 0 Å². The molecule has 4 rings (SSSR count). The number of nitrogens with one attached hydrogen (secondary N) is 1. The molecule has 2 aromatic carbocycles. The molecule has 0 radical (unpaired) electrons. The summed E-state index contributed by atoms with van der Waals surface area (Å²) in [6.07, 6.45) is 2.15. The molecular weight excluding hydrogens is 380 g/mol. The lowest BCUT2D eigenvalue weighted by atomic mass is 10.1. The third kappa shape index (κ3) is 4.10. The van der Waals surface area contributed by atoms with Gasteiger partial charge >= 0.3 is 5.69 Å². The quantitative estimate of drug-likeness (QED) is 0.682. The Labute approximate surface area is 174 Å². The lowest BCUT2D eigenvalue weighted by Crippen LogP contribution is -2.46. The van der Waals surface area contributed by atoms with Gasteiger partial charge in [0, 0.05) is 6.54 Å². The number of hydrogen-bond acceptors (Lipinski definition) is 4. The van der Waals surface area contributed by atoms with Crippen LogP contribution in [0.15, 0.2) is 58.1 Å². The van der Waals surface area contributed by atoms with E-state index in [1.165, 1.54) is 0 Å². The molecule has 30 heavy (non-hydrogen) atoms. The van der Waals surface area contributed by atoms with Crippen LogP contribution in [0, 0.1) is 19.8 Å². The average molecular weight is 404 g/mol. The zero-order valence-electron chi connectivity index (χ0n) is 17.1. The molecular formula is C23H24N4O3. The van der Waals surface area contributed by atoms with Crippen molar-refractivity contribution in [2.45, 2.75) is 33.2 Å². The van der Waals surface area contributed by atoms with Gasteiger partial charge in [-0.2, -0.15) is 9.78 Å². The molecule has 0 saturated heterocycles. The van der Waals surface area contributed by atoms with Gasteiger partial charge in [-0.3, -0.25) is 14.2 Å². The van der Waals surface area contributed by atoms with E-state index < -0.39 is 17.2 Å². The smallest absolute Gasteiger partial charge is 0.350 e. The zero-order valence-corrected chi connectivity index (χ0v) is 17.1. The Kier molecular flexibility index (Phi) is 5.35. The Morgan fingerprint density at radius 2 is 1.80 bits per heavy atom. The summed E-state index contributed by atoms with van der Waals surface area (Å²) >= 11 is 0. The van der Waals surface area contributed by atoms with Gasteiger partial charge in [0.1, 0.15) is 0 Å². The number of aryl methyl sites for hydroxylation is 2. The highest BCUT2D eigenvalue weighted by Gasteiger charge is 2.25. The molecule has 1 amide bonds. The molecule has 1 N–H and O–H groups in total. The van der Waals surface area contributed by atoms with Crippen molar-refractivity contribution in [3.05, 3.63) is 91.8 Å². The summed E-state index contributed by atoms with van der Waals surface area (Å²) in [5.41, 5.74) is 1.83. The third-order valence-electron chi connectivity index (χ3n) is 5.44. The van der Waals surface area contributed by atoms with Gasteiger partial charge in [-0.1, -0.05) is 36.4 Å². The molecule has 7 nitrogen and oxygen atoms in total. The van der Waals surface area contributed by atoms with Gasteiger partial charge in [0.25, 0.3) is 11.5 Å². The summed E-state index contributed by atoms with van der Waals surface area (Å²) in [4.78, 5) is 38.9. The molecule has 1 saturated carbocycles. The number of carbonyl (C=O) groups is 1. The molecule has 0 spiro atoms. The minimum atomic E-state index is -0.683. The Balaban J connectivity index is 1.83. The molecule has 1 aromatic heterocycles. The normalized spacial score (nSPS) is 13.3. The Morgan fingerprint density at radius 3 is 2.47 bits per heavy atom. The van der Waals surface area contributed by atoms with Crippen LogP contribution in [0.3, 0.4) is 0 Å². The summed E-state index contributed by atoms with van der Waals surface area (Å²) in [6.45, 7) is 4.49. The molecule has 1 fully saturated rings. The van der Waals surface area contributed by atoms with Crippen molar-refractivity contribution in [2.75, 3.05) is 6.54 Å². The van der Waals surface area contributed by atoms with Crippen LogP contribution in [0.5, 0.6) is 0 Å². The lowest BCUT2D eigenvalue weighted by Gasteiger charge is -2.13. The Morgan fingerprint density at radius 1 is 1.07 bits per heavy atom. The third-order valence-corrected chi connectivity index (χ3v) is 5.44. The van der Waals surface area contributed by atoms with Gasteiger partial charge in [0.2, 0.25) is 5.69 Å². The van der Waals surface area contributed by atoms with Gasteiger partial charge in [-0.25, -0.2) is 4.79 Å². The van der Waals surface area contributed by atoms with Crippen molar-refractivity contribution in [2.24, 2.45) is 5.92 Å². The maximum atomic E-state index is 13.2. The average Bonchev–Trinajstić information content (AvgIpc) is 3.57. The van der Waals surface area contributed by atoms with Gasteiger partial charge in [-0.15, -0.1) is 0 Å². The number of hydrogen-bond donors (Lipinski definition) is 1. The fraction of sp³-hybridized carbons (Fsp3) is 0.304. The second-order valence-electron chi connectivity index (χ2n) is 7.84. The monoisotopic (exact) mass is 404 g/mol. The molecule has 0 unspecified atom stereocenters. The molecule has 1 aliphatic carbocycles. The largest absolute Gasteiger partial charge is 0.352 e. The van der Waals surface area contributed by atoms with Gasteiger partial charge < -0.3 is 5.32 Å². The van der Waals surface area contributed by atoms with Crippen LogP contribution in [0.4, 0.5) is 0 Å². The van der Waals surface area contributed by atoms with Crippen molar-refractivity contribution in [1.82, 2.24) is 19.7 Å². The van der Waals surface area contributed by atoms with Crippen molar-refractivity contribution >= 4 is 5.91 Å². The standard InChI is InChI=1S/C23H24N4O3/c1-15-8-11-19(12-16(15)2)27-23(30)26(14-18-6-4-3-5-7-18)22(29)20(25-27)21(28)24-13-17-9-10-17/h3-8,11-12,17H,9-10,13-14H2,1-2H3,(H,24,28). The number of nitrogens with zero attached hydrogens (tertiary/aromatic N) is 3. The van der Waals surface area contributed by atoms with E-state index in [1.54, 1.807) is 6.07 Å². The minimum Gasteiger partial charge on any atom is -0.350 e. The van der Waals surface area contributed by atoms with Crippen LogP contribution in [-0.2, 0) is 6.54 Å². The lowest BCUT2D eigenvalue weighted by molar-refractivity contribution is 0.0942. The van der Waals surface area contributed by atoms with E-state index in [2.05, 4.69) is 10.4 Å². The Bertz CT molecular complexity index is 1210. The highest BCUT2D eigenvalue weighted by atomic mass is 16.2. The zero-order chi connectivity index (χ0) is 21.3. The number of carbonyl (C=O) groups excluding carboxylic acids is 1. The number of amides is 1. The molecule has 3 aromatic rings. The summed E-state index contributed by atoms with van der Waals surface area (Å²) in [5.74, 6) is -0.0857. The van der Waals surface area contributed by atoms with E-state index in [-0.39, 0.29) is 12.2 Å². The van der Waals surface area contributed by atoms with E-state index >= 15 is 0 Å². The summed E-state index contributed by atoms with van der Waals surface area (Å²) in [6, 6.07) is 14.7. The second kappa shape index (κ2) is 8.10. The van der Waals surface area contributed by atoms with E-state index in [9.17, 15) is 14.4 Å². The SMILES string of the molecule is Cc1ccc(-n2nc(C(=O)NCC3CC3)c(=O)n(Cc3ccccc3)c2=O)cc1C. The van der Waals surface area contributed by atoms with Crippen LogP contribution >= 0.6 is 0 Å². The summed E-state index contributed by atoms with van der Waals surface area (Å²) in [5, 5.41) is 6.95. The molecule has 1 aliphatic rings. The highest BCUT2D eigenvalue weighted by Crippen LogP contribution is 2.27. The van der Waals surface area contributed by atoms with Crippen molar-refractivity contribution in [3.63, 3.8) is 0 Å². The Hall–Kier alpha value is -3.48. The fourth-order valence-corrected chi connectivity index (χ4v) is 3.23. The van der Waals surface area contributed by atoms with Crippen LogP contribution in [0.2, 0.25) is 0 Å². The first-order valence-corrected chi connectivity index (χ1v) is 10.1. The van der Waals surface area contributed by atoms with Crippen molar-refractivity contribution in [3.8, 4) is 5.69 Å². The molecule has 0 atom stereocenters. The summed E-state index contributed by atoms with van der Waals surface area (Å²) in [7, 11) is 0. The van der Waals surface area contributed by atoms with Gasteiger partial charge in [-0.05, 0) is 61.4 Å². The number of aromatic nitrogens is 3. The molecule has 154 valence electrons. The van der Waals surface area contributed by atoms with Crippen LogP contribution in [-0.4, -0.2) is 26.8 Å². The van der Waals surface area contributed by atoms with Crippen LogP contribution < -0.4 is 16.6 Å². The first kappa shape index (κ1) is 19.8. The van der Waals surface area contributed by atoms with Gasteiger partial charge in [0.05, 0.1) is 12.2 Å². The summed E-state index contributed by atoms with van der Waals surface area (Å²) < 4.78 is 2.21. The van der Waals surface area contributed by atoms with Crippen molar-refractivity contribution < 1.29 is 4.79 Å². The van der Waals surface area contributed by atoms with E-state index in [0.717, 1.165) is 38.8 Å². The van der Waals surface area contributed by atoms with Crippen molar-refractivity contribution in [1.29, 1.82) is 0 Å². The maximum absolute atomic E-state index is 13.2. The first-order valence-electron chi connectivity index (χ1n) is 10.1. The molecule has 0 aliphatic heterocycles. The molecule has 1 heterocycles. The number of rotatable bonds is 6. The predicted molar refractivity (Wildman–Crippen MR) is 114 cm³/mol. The minimum absolute atomic E-state index is 0.0643. The van der Waals surface area contributed by atoms with Crippen LogP contribution in [0.1, 0.15) is 40.0 Å². The van der Waals surface area contributed by atoms with E-state index in [0.29, 0.717) is 18.2 Å². The maximum Gasteiger partial charge on any atom is 0.352 e. The second-order valence-corrected chi connectivity index (χ2v) is 7.84. The number of benzene rings is 2. The van der Waals surface area contributed by atoms with Crippen LogP contribution in [0.25, 0.3) is 5.69 Å². The predicted octanol–water partition coefficient (Wildman–Crippen LogP) is 2.20. The molecule has 0 bridgehead atoms.